The van der Waals surface area contributed by atoms with E-state index in [0.29, 0.717) is 0 Å². The van der Waals surface area contributed by atoms with Crippen LogP contribution < -0.4 is 0 Å². The van der Waals surface area contributed by atoms with Gasteiger partial charge in [-0.05, 0) is 42.9 Å². The molecule has 0 saturated heterocycles. The molecule has 0 saturated carbocycles. The highest BCUT2D eigenvalue weighted by Crippen LogP contribution is 2.33. The van der Waals surface area contributed by atoms with Crippen LogP contribution in [0.25, 0.3) is 0 Å². The number of hydrogen-bond acceptors (Lipinski definition) is 3. The van der Waals surface area contributed by atoms with Gasteiger partial charge in [0, 0.05) is 0 Å². The van der Waals surface area contributed by atoms with E-state index in [0.717, 1.165) is 43.2 Å². The molecule has 46 heavy (non-hydrogen) atoms. The van der Waals surface area contributed by atoms with Crippen LogP contribution in [-0.4, -0.2) is 5.11 Å². The van der Waals surface area contributed by atoms with E-state index in [9.17, 15) is 11.2 Å². The maximum Gasteiger partial charge on any atom is 0.344 e. The van der Waals surface area contributed by atoms with Crippen LogP contribution in [0.3, 0.4) is 0 Å². The molecule has 0 amide bonds. The van der Waals surface area contributed by atoms with E-state index in [4.69, 9.17) is 0 Å². The number of rotatable bonds is 35. The fourth-order valence-corrected chi connectivity index (χ4v) is 8.58. The predicted molar refractivity (Wildman–Crippen MR) is 209 cm³/mol. The summed E-state index contributed by atoms with van der Waals surface area (Å²) in [5.74, 6) is -0.00399. The third-order valence-electron chi connectivity index (χ3n) is 9.96. The largest absolute Gasteiger partial charge is 0.507 e. The number of aryl methyl sites for hydroxylation is 2. The quantitative estimate of drug-likeness (QED) is 0.0554. The minimum absolute atomic E-state index is 0.00399. The summed E-state index contributed by atoms with van der Waals surface area (Å²) in [6, 6.07) is 3.81. The second-order valence-corrected chi connectivity index (χ2v) is 16.7. The van der Waals surface area contributed by atoms with Crippen molar-refractivity contribution in [3.05, 3.63) is 26.8 Å². The van der Waals surface area contributed by atoms with Gasteiger partial charge in [-0.15, -0.1) is 0 Å². The molecule has 3 nitrogen and oxygen atoms in total. The fourth-order valence-electron chi connectivity index (χ4n) is 6.98. The van der Waals surface area contributed by atoms with E-state index in [-0.39, 0.29) is 9.32 Å². The second kappa shape index (κ2) is 32.9. The number of benzene rings is 1. The Morgan fingerprint density at radius 2 is 0.696 bits per heavy atom. The standard InChI is InChI=1S/C42H77IO3/c1-3-5-7-9-11-13-15-17-19-21-23-25-27-29-31-33-35-39-37-40(42(43(45)46)41(44)38-39)36-34-32-30-28-26-24-22-20-18-16-14-12-10-8-6-4-2/h37-38,44H,3-36H2,1-2H3. The van der Waals surface area contributed by atoms with Gasteiger partial charge in [-0.3, -0.25) is 0 Å². The number of hydrogen-bond donors (Lipinski definition) is 1. The Morgan fingerprint density at radius 3 is 1.00 bits per heavy atom. The van der Waals surface area contributed by atoms with Gasteiger partial charge in [0.2, 0.25) is 0 Å². The zero-order valence-corrected chi connectivity index (χ0v) is 33.0. The Kier molecular flexibility index (Phi) is 31.0. The maximum atomic E-state index is 12.0. The minimum atomic E-state index is -3.72. The molecule has 1 N–H and O–H groups in total. The van der Waals surface area contributed by atoms with Gasteiger partial charge >= 0.3 is 19.8 Å². The molecule has 0 bridgehead atoms. The minimum Gasteiger partial charge on any atom is -0.507 e. The first kappa shape index (κ1) is 43.4. The van der Waals surface area contributed by atoms with Gasteiger partial charge in [0.25, 0.3) is 0 Å². The van der Waals surface area contributed by atoms with Crippen LogP contribution in [0.1, 0.15) is 230 Å². The number of aromatic hydroxyl groups is 1. The van der Waals surface area contributed by atoms with Gasteiger partial charge in [-0.2, -0.15) is 0 Å². The molecule has 0 aromatic heterocycles. The molecule has 1 aromatic rings. The van der Waals surface area contributed by atoms with Crippen molar-refractivity contribution >= 4 is 19.8 Å². The fraction of sp³-hybridized carbons (Fsp3) is 0.857. The molecule has 0 fully saturated rings. The zero-order valence-electron chi connectivity index (χ0n) is 30.8. The molecule has 0 spiro atoms. The van der Waals surface area contributed by atoms with Crippen LogP contribution in [0, 0.1) is 3.57 Å². The van der Waals surface area contributed by atoms with Crippen molar-refractivity contribution in [2.75, 3.05) is 0 Å². The van der Waals surface area contributed by atoms with E-state index in [1.165, 1.54) is 186 Å². The smallest absolute Gasteiger partial charge is 0.344 e. The Hall–Kier alpha value is -0.650. The summed E-state index contributed by atoms with van der Waals surface area (Å²) in [7, 11) is 0. The summed E-state index contributed by atoms with van der Waals surface area (Å²) >= 11 is -3.72. The first-order valence-corrected chi connectivity index (χ1v) is 23.3. The monoisotopic (exact) mass is 756 g/mol. The lowest BCUT2D eigenvalue weighted by Crippen LogP contribution is -1.96. The first-order valence-electron chi connectivity index (χ1n) is 20.5. The predicted octanol–water partition coefficient (Wildman–Crippen LogP) is 15.4. The highest BCUT2D eigenvalue weighted by molar-refractivity contribution is 14.2. The average molecular weight is 757 g/mol. The molecule has 4 heteroatoms. The Morgan fingerprint density at radius 1 is 0.413 bits per heavy atom. The lowest BCUT2D eigenvalue weighted by molar-refractivity contribution is 0.468. The van der Waals surface area contributed by atoms with Crippen molar-refractivity contribution in [2.24, 2.45) is 0 Å². The lowest BCUT2D eigenvalue weighted by atomic mass is 9.99. The van der Waals surface area contributed by atoms with Crippen LogP contribution in [0.15, 0.2) is 12.1 Å². The molecule has 1 aromatic carbocycles. The van der Waals surface area contributed by atoms with E-state index in [1.54, 1.807) is 6.07 Å². The van der Waals surface area contributed by atoms with Crippen LogP contribution in [0.4, 0.5) is 0 Å². The highest BCUT2D eigenvalue weighted by atomic mass is 127. The Bertz CT molecular complexity index is 870. The number of phenols is 1. The van der Waals surface area contributed by atoms with E-state index in [2.05, 4.69) is 19.9 Å². The van der Waals surface area contributed by atoms with Gasteiger partial charge in [0.15, 0.2) is 0 Å². The number of halogens is 1. The molecule has 270 valence electrons. The maximum absolute atomic E-state index is 12.0. The van der Waals surface area contributed by atoms with Crippen molar-refractivity contribution in [2.45, 2.75) is 232 Å². The molecule has 0 aliphatic rings. The van der Waals surface area contributed by atoms with Gasteiger partial charge < -0.3 is 5.11 Å². The lowest BCUT2D eigenvalue weighted by Gasteiger charge is -2.10. The highest BCUT2D eigenvalue weighted by Gasteiger charge is 2.15. The molecule has 0 aliphatic carbocycles. The third kappa shape index (κ3) is 25.4. The van der Waals surface area contributed by atoms with E-state index >= 15 is 0 Å². The van der Waals surface area contributed by atoms with Crippen LogP contribution >= 0.6 is 19.8 Å². The summed E-state index contributed by atoms with van der Waals surface area (Å²) in [5, 5.41) is 10.6. The summed E-state index contributed by atoms with van der Waals surface area (Å²) in [6.07, 6.45) is 44.9. The molecule has 0 unspecified atom stereocenters. The van der Waals surface area contributed by atoms with Crippen molar-refractivity contribution in [3.8, 4) is 5.75 Å². The van der Waals surface area contributed by atoms with Gasteiger partial charge in [-0.25, -0.2) is 6.14 Å². The Labute approximate surface area is 294 Å². The first-order chi connectivity index (χ1) is 22.6. The van der Waals surface area contributed by atoms with Crippen molar-refractivity contribution in [1.82, 2.24) is 0 Å². The molecule has 0 aliphatic heterocycles. The van der Waals surface area contributed by atoms with Gasteiger partial charge in [-0.1, -0.05) is 213 Å². The van der Waals surface area contributed by atoms with Crippen LogP contribution in [0.5, 0.6) is 5.75 Å². The molecule has 1 rings (SSSR count). The second-order valence-electron chi connectivity index (χ2n) is 14.4. The van der Waals surface area contributed by atoms with Crippen LogP contribution in [-0.2, 0) is 19.0 Å². The molecule has 0 heterocycles. The van der Waals surface area contributed by atoms with Crippen LogP contribution in [0.2, 0.25) is 0 Å². The average Bonchev–Trinajstić information content (AvgIpc) is 3.04. The van der Waals surface area contributed by atoms with E-state index in [1.807, 2.05) is 0 Å². The van der Waals surface area contributed by atoms with E-state index < -0.39 is 19.8 Å². The summed E-state index contributed by atoms with van der Waals surface area (Å²) in [6.45, 7) is 4.57. The van der Waals surface area contributed by atoms with Crippen molar-refractivity contribution in [1.29, 1.82) is 0 Å². The van der Waals surface area contributed by atoms with Gasteiger partial charge in [0.1, 0.15) is 9.32 Å². The molecule has 0 radical (unpaired) electrons. The SMILES string of the molecule is CCCCCCCCCCCCCCCCCCc1cc(O)c(I(=O)=O)c(CCCCCCCCCCCCCCCCCC)c1. The number of unbranched alkanes of at least 4 members (excludes halogenated alkanes) is 30. The van der Waals surface area contributed by atoms with Crippen molar-refractivity contribution in [3.63, 3.8) is 0 Å². The molecular weight excluding hydrogens is 679 g/mol. The topological polar surface area (TPSA) is 54.4 Å². The van der Waals surface area contributed by atoms with Crippen molar-refractivity contribution < 1.29 is 11.2 Å². The normalized spacial score (nSPS) is 11.6. The zero-order chi connectivity index (χ0) is 33.3. The van der Waals surface area contributed by atoms with Gasteiger partial charge in [0.05, 0.1) is 0 Å². The summed E-state index contributed by atoms with van der Waals surface area (Å²) in [5.41, 5.74) is 1.97. The summed E-state index contributed by atoms with van der Waals surface area (Å²) in [4.78, 5) is 0. The Balaban J connectivity index is 2.10. The molecule has 0 atom stereocenters. The third-order valence-corrected chi connectivity index (χ3v) is 12.1. The summed E-state index contributed by atoms with van der Waals surface area (Å²) < 4.78 is 24.3. The molecular formula is C42H77IO3. The number of phenolic OH excluding ortho intramolecular Hbond substituents is 1.